The van der Waals surface area contributed by atoms with Crippen molar-refractivity contribution < 1.29 is 19.0 Å². The van der Waals surface area contributed by atoms with Crippen LogP contribution in [0.4, 0.5) is 0 Å². The van der Waals surface area contributed by atoms with Gasteiger partial charge in [-0.05, 0) is 74.7 Å². The molecule has 4 aromatic rings. The van der Waals surface area contributed by atoms with Gasteiger partial charge < -0.3 is 24.1 Å². The van der Waals surface area contributed by atoms with Crippen molar-refractivity contribution in [1.82, 2.24) is 14.9 Å². The maximum atomic E-state index is 13.1. The molecule has 0 fully saturated rings. The van der Waals surface area contributed by atoms with Gasteiger partial charge in [0.05, 0.1) is 31.2 Å². The molecule has 1 amide bonds. The Labute approximate surface area is 228 Å². The number of nitrogens with zero attached hydrogens (tertiary/aromatic N) is 2. The van der Waals surface area contributed by atoms with Crippen molar-refractivity contribution in [3.63, 3.8) is 0 Å². The third-order valence-electron chi connectivity index (χ3n) is 6.62. The Morgan fingerprint density at radius 1 is 1.03 bits per heavy atom. The standard InChI is InChI=1S/C30H35N3O4S/c1-6-20(2)31-30(34)26-17-28(33(21(26)3)16-15-22-7-9-23(35-4)10-8-22)27-19-38-29(32-27)18-37-25-13-11-24(36-5)12-14-25/h7-14,17,19-20H,6,15-16,18H2,1-5H3,(H,31,34). The molecule has 0 saturated heterocycles. The molecule has 38 heavy (non-hydrogen) atoms. The Morgan fingerprint density at radius 2 is 1.66 bits per heavy atom. The van der Waals surface area contributed by atoms with Gasteiger partial charge in [0.1, 0.15) is 28.9 Å². The van der Waals surface area contributed by atoms with Gasteiger partial charge in [0, 0.05) is 23.7 Å². The number of thiazole rings is 1. The van der Waals surface area contributed by atoms with E-state index in [0.29, 0.717) is 12.2 Å². The van der Waals surface area contributed by atoms with Crippen LogP contribution in [0.25, 0.3) is 11.4 Å². The zero-order chi connectivity index (χ0) is 27.1. The van der Waals surface area contributed by atoms with E-state index in [2.05, 4.69) is 28.9 Å². The van der Waals surface area contributed by atoms with Crippen molar-refractivity contribution in [2.75, 3.05) is 14.2 Å². The lowest BCUT2D eigenvalue weighted by atomic mass is 10.1. The Kier molecular flexibility index (Phi) is 9.07. The van der Waals surface area contributed by atoms with Gasteiger partial charge in [0.15, 0.2) is 0 Å². The predicted molar refractivity (Wildman–Crippen MR) is 152 cm³/mol. The first-order valence-corrected chi connectivity index (χ1v) is 13.6. The van der Waals surface area contributed by atoms with Gasteiger partial charge in [-0.25, -0.2) is 4.98 Å². The van der Waals surface area contributed by atoms with E-state index in [-0.39, 0.29) is 11.9 Å². The number of aryl methyl sites for hydroxylation is 1. The number of hydrogen-bond donors (Lipinski definition) is 1. The van der Waals surface area contributed by atoms with Crippen molar-refractivity contribution >= 4 is 17.2 Å². The first-order valence-electron chi connectivity index (χ1n) is 12.8. The van der Waals surface area contributed by atoms with E-state index in [9.17, 15) is 4.79 Å². The molecule has 8 heteroatoms. The molecule has 0 aliphatic carbocycles. The summed E-state index contributed by atoms with van der Waals surface area (Å²) < 4.78 is 18.6. The number of hydrogen-bond acceptors (Lipinski definition) is 6. The quantitative estimate of drug-likeness (QED) is 0.232. The van der Waals surface area contributed by atoms with Gasteiger partial charge >= 0.3 is 0 Å². The highest BCUT2D eigenvalue weighted by atomic mass is 32.1. The van der Waals surface area contributed by atoms with E-state index in [4.69, 9.17) is 19.2 Å². The monoisotopic (exact) mass is 533 g/mol. The summed E-state index contributed by atoms with van der Waals surface area (Å²) in [5.41, 5.74) is 4.57. The molecule has 0 bridgehead atoms. The van der Waals surface area contributed by atoms with Crippen molar-refractivity contribution in [3.05, 3.63) is 81.8 Å². The normalized spacial score (nSPS) is 11.7. The number of rotatable bonds is 12. The smallest absolute Gasteiger partial charge is 0.253 e. The second-order valence-corrected chi connectivity index (χ2v) is 10.1. The van der Waals surface area contributed by atoms with E-state index in [1.54, 1.807) is 25.6 Å². The van der Waals surface area contributed by atoms with E-state index in [0.717, 1.165) is 58.7 Å². The lowest BCUT2D eigenvalue weighted by Crippen LogP contribution is -2.32. The minimum absolute atomic E-state index is 0.0559. The number of carbonyl (C=O) groups is 1. The molecule has 0 aliphatic heterocycles. The molecule has 2 aromatic carbocycles. The molecule has 1 N–H and O–H groups in total. The molecule has 1 unspecified atom stereocenters. The number of methoxy groups -OCH3 is 2. The van der Waals surface area contributed by atoms with Crippen LogP contribution in [0.3, 0.4) is 0 Å². The van der Waals surface area contributed by atoms with Crippen molar-refractivity contribution in [1.29, 1.82) is 0 Å². The van der Waals surface area contributed by atoms with Crippen molar-refractivity contribution in [3.8, 4) is 28.6 Å². The van der Waals surface area contributed by atoms with Gasteiger partial charge in [-0.15, -0.1) is 11.3 Å². The summed E-state index contributed by atoms with van der Waals surface area (Å²) in [5, 5.41) is 6.00. The molecular weight excluding hydrogens is 498 g/mol. The summed E-state index contributed by atoms with van der Waals surface area (Å²) in [6.45, 7) is 7.17. The topological polar surface area (TPSA) is 74.6 Å². The number of benzene rings is 2. The first kappa shape index (κ1) is 27.3. The minimum atomic E-state index is -0.0559. The zero-order valence-corrected chi connectivity index (χ0v) is 23.4. The fourth-order valence-electron chi connectivity index (χ4n) is 4.12. The summed E-state index contributed by atoms with van der Waals surface area (Å²) in [4.78, 5) is 18.0. The molecule has 0 saturated carbocycles. The van der Waals surface area contributed by atoms with Gasteiger partial charge in [-0.1, -0.05) is 19.1 Å². The third-order valence-corrected chi connectivity index (χ3v) is 7.44. The average molecular weight is 534 g/mol. The summed E-state index contributed by atoms with van der Waals surface area (Å²) in [7, 11) is 3.31. The second kappa shape index (κ2) is 12.6. The van der Waals surface area contributed by atoms with Gasteiger partial charge in [0.2, 0.25) is 0 Å². The molecule has 0 spiro atoms. The summed E-state index contributed by atoms with van der Waals surface area (Å²) in [5.74, 6) is 2.32. The van der Waals surface area contributed by atoms with Crippen LogP contribution >= 0.6 is 11.3 Å². The Balaban J connectivity index is 1.56. The summed E-state index contributed by atoms with van der Waals surface area (Å²) >= 11 is 1.55. The lowest BCUT2D eigenvalue weighted by Gasteiger charge is -2.13. The molecule has 4 rings (SSSR count). The fraction of sp³-hybridized carbons (Fsp3) is 0.333. The Hall–Kier alpha value is -3.78. The van der Waals surface area contributed by atoms with Crippen molar-refractivity contribution in [2.45, 2.75) is 52.8 Å². The SMILES string of the molecule is CCC(C)NC(=O)c1cc(-c2csc(COc3ccc(OC)cc3)n2)n(CCc2ccc(OC)cc2)c1C. The van der Waals surface area contributed by atoms with Crippen LogP contribution in [-0.2, 0) is 19.6 Å². The average Bonchev–Trinajstić information content (AvgIpc) is 3.55. The number of nitrogens with one attached hydrogen (secondary N) is 1. The lowest BCUT2D eigenvalue weighted by molar-refractivity contribution is 0.0938. The molecule has 2 aromatic heterocycles. The number of aromatic nitrogens is 2. The van der Waals surface area contributed by atoms with E-state index < -0.39 is 0 Å². The van der Waals surface area contributed by atoms with Crippen LogP contribution in [0.2, 0.25) is 0 Å². The highest BCUT2D eigenvalue weighted by Gasteiger charge is 2.21. The highest BCUT2D eigenvalue weighted by molar-refractivity contribution is 7.09. The Morgan fingerprint density at radius 3 is 2.29 bits per heavy atom. The minimum Gasteiger partial charge on any atom is -0.497 e. The van der Waals surface area contributed by atoms with Gasteiger partial charge in [0.25, 0.3) is 5.91 Å². The van der Waals surface area contributed by atoms with Crippen LogP contribution in [0.5, 0.6) is 17.2 Å². The van der Waals surface area contributed by atoms with E-state index in [1.807, 2.05) is 61.7 Å². The largest absolute Gasteiger partial charge is 0.497 e. The Bertz CT molecular complexity index is 1340. The number of ether oxygens (including phenoxy) is 3. The maximum absolute atomic E-state index is 13.1. The summed E-state index contributed by atoms with van der Waals surface area (Å²) in [6, 6.07) is 17.7. The zero-order valence-electron chi connectivity index (χ0n) is 22.6. The van der Waals surface area contributed by atoms with Gasteiger partial charge in [-0.2, -0.15) is 0 Å². The van der Waals surface area contributed by atoms with Crippen LogP contribution < -0.4 is 19.5 Å². The molecule has 200 valence electrons. The summed E-state index contributed by atoms with van der Waals surface area (Å²) in [6.07, 6.45) is 1.69. The maximum Gasteiger partial charge on any atom is 0.253 e. The van der Waals surface area contributed by atoms with Gasteiger partial charge in [-0.3, -0.25) is 4.79 Å². The molecular formula is C30H35N3O4S. The number of carbonyl (C=O) groups excluding carboxylic acids is 1. The second-order valence-electron chi connectivity index (χ2n) is 9.15. The number of amides is 1. The molecule has 0 aliphatic rings. The highest BCUT2D eigenvalue weighted by Crippen LogP contribution is 2.29. The van der Waals surface area contributed by atoms with Crippen LogP contribution in [0, 0.1) is 6.92 Å². The molecule has 2 heterocycles. The molecule has 1 atom stereocenters. The van der Waals surface area contributed by atoms with E-state index in [1.165, 1.54) is 5.56 Å². The van der Waals surface area contributed by atoms with Crippen LogP contribution in [-0.4, -0.2) is 35.7 Å². The van der Waals surface area contributed by atoms with Crippen LogP contribution in [0.15, 0.2) is 60.0 Å². The fourth-order valence-corrected chi connectivity index (χ4v) is 4.82. The van der Waals surface area contributed by atoms with Crippen LogP contribution in [0.1, 0.15) is 46.9 Å². The molecule has 7 nitrogen and oxygen atoms in total. The third kappa shape index (κ3) is 6.55. The molecule has 0 radical (unpaired) electrons. The first-order chi connectivity index (χ1) is 18.4. The van der Waals surface area contributed by atoms with E-state index >= 15 is 0 Å². The van der Waals surface area contributed by atoms with Crippen molar-refractivity contribution in [2.24, 2.45) is 0 Å². The predicted octanol–water partition coefficient (Wildman–Crippen LogP) is 6.29.